The standard InChI is InChI=1S/C53H39N/c1-6-20-45(21-7-1)53(46-22-8-2-9-23-46,47-24-10-3-11-25-47)52-38-41(31-30-40-32-33-42-18-16-17-19-43(42)36-40)37-44-34-35-50(39-51(44)52)54(48-26-12-4-13-27-48)49-28-14-5-15-29-49/h1-39H/b31-30+. The Hall–Kier alpha value is -6.96. The molecular weight excluding hydrogens is 651 g/mol. The minimum Gasteiger partial charge on any atom is -0.310 e. The molecule has 0 unspecified atom stereocenters. The number of anilines is 3. The highest BCUT2D eigenvalue weighted by atomic mass is 15.1. The third kappa shape index (κ3) is 6.16. The van der Waals surface area contributed by atoms with Crippen molar-refractivity contribution in [3.05, 3.63) is 258 Å². The number of hydrogen-bond acceptors (Lipinski definition) is 1. The molecule has 0 aliphatic heterocycles. The maximum atomic E-state index is 2.42. The van der Waals surface area contributed by atoms with Crippen LogP contribution in [0, 0.1) is 0 Å². The molecule has 0 N–H and O–H groups in total. The van der Waals surface area contributed by atoms with Crippen molar-refractivity contribution in [2.24, 2.45) is 0 Å². The van der Waals surface area contributed by atoms with E-state index in [0.29, 0.717) is 0 Å². The second-order valence-electron chi connectivity index (χ2n) is 13.8. The Labute approximate surface area is 317 Å². The average molecular weight is 690 g/mol. The number of rotatable bonds is 9. The van der Waals surface area contributed by atoms with Crippen molar-refractivity contribution >= 4 is 50.8 Å². The van der Waals surface area contributed by atoms with E-state index in [-0.39, 0.29) is 0 Å². The van der Waals surface area contributed by atoms with Crippen LogP contribution in [0.1, 0.15) is 33.4 Å². The van der Waals surface area contributed by atoms with E-state index in [4.69, 9.17) is 0 Å². The van der Waals surface area contributed by atoms with Gasteiger partial charge in [-0.15, -0.1) is 0 Å². The quantitative estimate of drug-likeness (QED) is 0.108. The zero-order valence-electron chi connectivity index (χ0n) is 30.0. The molecule has 9 aromatic rings. The van der Waals surface area contributed by atoms with Gasteiger partial charge in [0.1, 0.15) is 0 Å². The Balaban J connectivity index is 1.35. The summed E-state index contributed by atoms with van der Waals surface area (Å²) < 4.78 is 0. The van der Waals surface area contributed by atoms with Crippen LogP contribution in [0.2, 0.25) is 0 Å². The van der Waals surface area contributed by atoms with Crippen LogP contribution in [-0.4, -0.2) is 0 Å². The van der Waals surface area contributed by atoms with Crippen molar-refractivity contribution in [3.8, 4) is 0 Å². The number of hydrogen-bond donors (Lipinski definition) is 0. The largest absolute Gasteiger partial charge is 0.310 e. The summed E-state index contributed by atoms with van der Waals surface area (Å²) in [6.07, 6.45) is 4.51. The summed E-state index contributed by atoms with van der Waals surface area (Å²) in [4.78, 5) is 2.35. The molecule has 0 radical (unpaired) electrons. The fourth-order valence-corrected chi connectivity index (χ4v) is 8.05. The van der Waals surface area contributed by atoms with Crippen LogP contribution in [0.4, 0.5) is 17.1 Å². The SMILES string of the molecule is C(=C\c1cc(C(c2ccccc2)(c2ccccc2)c2ccccc2)c2cc(N(c3ccccc3)c3ccccc3)ccc2c1)/c1ccc2ccccc2c1. The van der Waals surface area contributed by atoms with Crippen LogP contribution < -0.4 is 4.90 Å². The third-order valence-electron chi connectivity index (χ3n) is 10.5. The van der Waals surface area contributed by atoms with Crippen LogP contribution in [0.15, 0.2) is 224 Å². The lowest BCUT2D eigenvalue weighted by molar-refractivity contribution is 0.752. The Bertz CT molecular complexity index is 2550. The molecule has 0 bridgehead atoms. The molecule has 0 aliphatic rings. The average Bonchev–Trinajstić information content (AvgIpc) is 3.25. The van der Waals surface area contributed by atoms with Crippen molar-refractivity contribution in [1.82, 2.24) is 0 Å². The molecule has 0 fully saturated rings. The first-order chi connectivity index (χ1) is 26.8. The Morgan fingerprint density at radius 1 is 0.315 bits per heavy atom. The molecular formula is C53H39N. The predicted molar refractivity (Wildman–Crippen MR) is 230 cm³/mol. The minimum atomic E-state index is -0.627. The summed E-state index contributed by atoms with van der Waals surface area (Å²) in [5.74, 6) is 0. The zero-order valence-corrected chi connectivity index (χ0v) is 30.0. The van der Waals surface area contributed by atoms with Gasteiger partial charge in [-0.2, -0.15) is 0 Å². The lowest BCUT2D eigenvalue weighted by atomic mass is 9.64. The molecule has 0 amide bonds. The third-order valence-corrected chi connectivity index (χ3v) is 10.5. The number of fused-ring (bicyclic) bond motifs is 2. The fourth-order valence-electron chi connectivity index (χ4n) is 8.05. The molecule has 54 heavy (non-hydrogen) atoms. The lowest BCUT2D eigenvalue weighted by Gasteiger charge is -2.38. The topological polar surface area (TPSA) is 3.24 Å². The molecule has 1 nitrogen and oxygen atoms in total. The minimum absolute atomic E-state index is 0.627. The second kappa shape index (κ2) is 14.6. The van der Waals surface area contributed by atoms with E-state index in [9.17, 15) is 0 Å². The summed E-state index contributed by atoms with van der Waals surface area (Å²) in [5, 5.41) is 4.87. The molecule has 9 rings (SSSR count). The van der Waals surface area contributed by atoms with Gasteiger partial charge >= 0.3 is 0 Å². The highest BCUT2D eigenvalue weighted by Crippen LogP contribution is 2.49. The van der Waals surface area contributed by atoms with E-state index < -0.39 is 5.41 Å². The highest BCUT2D eigenvalue weighted by molar-refractivity contribution is 5.96. The van der Waals surface area contributed by atoms with Crippen LogP contribution >= 0.6 is 0 Å². The van der Waals surface area contributed by atoms with Gasteiger partial charge in [0.05, 0.1) is 5.41 Å². The monoisotopic (exact) mass is 689 g/mol. The van der Waals surface area contributed by atoms with Gasteiger partial charge in [-0.1, -0.05) is 182 Å². The molecule has 0 saturated heterocycles. The van der Waals surface area contributed by atoms with Gasteiger partial charge in [0, 0.05) is 17.1 Å². The first-order valence-corrected chi connectivity index (χ1v) is 18.6. The van der Waals surface area contributed by atoms with Crippen molar-refractivity contribution in [1.29, 1.82) is 0 Å². The van der Waals surface area contributed by atoms with Gasteiger partial charge in [-0.05, 0) is 110 Å². The van der Waals surface area contributed by atoms with Crippen molar-refractivity contribution in [3.63, 3.8) is 0 Å². The maximum Gasteiger partial charge on any atom is 0.0707 e. The summed E-state index contributed by atoms with van der Waals surface area (Å²) >= 11 is 0. The molecule has 0 aliphatic carbocycles. The van der Waals surface area contributed by atoms with E-state index >= 15 is 0 Å². The smallest absolute Gasteiger partial charge is 0.0707 e. The van der Waals surface area contributed by atoms with E-state index in [1.54, 1.807) is 0 Å². The first-order valence-electron chi connectivity index (χ1n) is 18.6. The number of para-hydroxylation sites is 2. The molecule has 0 saturated carbocycles. The van der Waals surface area contributed by atoms with E-state index in [1.807, 2.05) is 0 Å². The van der Waals surface area contributed by atoms with Crippen LogP contribution in [0.3, 0.4) is 0 Å². The Morgan fingerprint density at radius 3 is 1.31 bits per heavy atom. The molecule has 256 valence electrons. The van der Waals surface area contributed by atoms with Gasteiger partial charge in [0.15, 0.2) is 0 Å². The molecule has 0 heterocycles. The molecule has 0 atom stereocenters. The number of nitrogens with zero attached hydrogens (tertiary/aromatic N) is 1. The van der Waals surface area contributed by atoms with Crippen molar-refractivity contribution in [2.75, 3.05) is 4.90 Å². The summed E-state index contributed by atoms with van der Waals surface area (Å²) in [7, 11) is 0. The van der Waals surface area contributed by atoms with Gasteiger partial charge in [0.25, 0.3) is 0 Å². The first kappa shape index (κ1) is 32.9. The number of benzene rings is 9. The van der Waals surface area contributed by atoms with Gasteiger partial charge < -0.3 is 4.90 Å². The predicted octanol–water partition coefficient (Wildman–Crippen LogP) is 14.0. The molecule has 0 spiro atoms. The van der Waals surface area contributed by atoms with E-state index in [1.165, 1.54) is 49.4 Å². The van der Waals surface area contributed by atoms with E-state index in [0.717, 1.165) is 22.6 Å². The van der Waals surface area contributed by atoms with Crippen LogP contribution in [0.25, 0.3) is 33.7 Å². The fraction of sp³-hybridized carbons (Fsp3) is 0.0189. The summed E-state index contributed by atoms with van der Waals surface area (Å²) in [6.45, 7) is 0. The second-order valence-corrected chi connectivity index (χ2v) is 13.8. The molecule has 1 heteroatoms. The van der Waals surface area contributed by atoms with Crippen LogP contribution in [-0.2, 0) is 5.41 Å². The zero-order chi connectivity index (χ0) is 36.2. The van der Waals surface area contributed by atoms with E-state index in [2.05, 4.69) is 242 Å². The van der Waals surface area contributed by atoms with Crippen LogP contribution in [0.5, 0.6) is 0 Å². The van der Waals surface area contributed by atoms with Gasteiger partial charge in [0.2, 0.25) is 0 Å². The van der Waals surface area contributed by atoms with Crippen molar-refractivity contribution < 1.29 is 0 Å². The lowest BCUT2D eigenvalue weighted by Crippen LogP contribution is -2.31. The molecule has 9 aromatic carbocycles. The Kier molecular flexibility index (Phi) is 8.89. The van der Waals surface area contributed by atoms with Crippen molar-refractivity contribution in [2.45, 2.75) is 5.41 Å². The normalized spacial score (nSPS) is 11.6. The Morgan fingerprint density at radius 2 is 0.759 bits per heavy atom. The molecule has 0 aromatic heterocycles. The van der Waals surface area contributed by atoms with Gasteiger partial charge in [-0.3, -0.25) is 0 Å². The summed E-state index contributed by atoms with van der Waals surface area (Å²) in [6, 6.07) is 81.3. The maximum absolute atomic E-state index is 2.42. The van der Waals surface area contributed by atoms with Gasteiger partial charge in [-0.25, -0.2) is 0 Å². The highest BCUT2D eigenvalue weighted by Gasteiger charge is 2.39. The summed E-state index contributed by atoms with van der Waals surface area (Å²) in [5.41, 5.74) is 9.89.